The zero-order valence-electron chi connectivity index (χ0n) is 11.7. The molecule has 7 heteroatoms. The lowest BCUT2D eigenvalue weighted by Crippen LogP contribution is -2.34. The highest BCUT2D eigenvalue weighted by Crippen LogP contribution is 2.26. The van der Waals surface area contributed by atoms with Crippen LogP contribution >= 0.6 is 0 Å². The van der Waals surface area contributed by atoms with E-state index in [1.54, 1.807) is 7.05 Å². The van der Waals surface area contributed by atoms with Crippen LogP contribution in [0.3, 0.4) is 0 Å². The summed E-state index contributed by atoms with van der Waals surface area (Å²) in [7, 11) is -0.546. The lowest BCUT2D eigenvalue weighted by atomic mass is 10.2. The average molecular weight is 300 g/mol. The van der Waals surface area contributed by atoms with Gasteiger partial charge < -0.3 is 15.2 Å². The van der Waals surface area contributed by atoms with Gasteiger partial charge in [-0.05, 0) is 25.0 Å². The first-order valence-electron chi connectivity index (χ1n) is 6.46. The molecule has 0 aliphatic carbocycles. The van der Waals surface area contributed by atoms with Gasteiger partial charge in [0.1, 0.15) is 5.75 Å². The van der Waals surface area contributed by atoms with Crippen molar-refractivity contribution >= 4 is 15.7 Å². The minimum absolute atomic E-state index is 0.0227. The molecule has 0 saturated carbocycles. The number of rotatable bonds is 5. The first-order chi connectivity index (χ1) is 9.45. The fourth-order valence-corrected chi connectivity index (χ4v) is 3.42. The molecule has 1 aromatic rings. The van der Waals surface area contributed by atoms with Crippen molar-refractivity contribution in [2.75, 3.05) is 33.0 Å². The number of ether oxygens (including phenoxy) is 2. The quantitative estimate of drug-likeness (QED) is 0.823. The molecular weight excluding hydrogens is 280 g/mol. The summed E-state index contributed by atoms with van der Waals surface area (Å²) in [4.78, 5) is 0.170. The molecule has 0 bridgehead atoms. The normalized spacial score (nSPS) is 19.4. The van der Waals surface area contributed by atoms with Crippen LogP contribution in [0.4, 0.5) is 5.69 Å². The zero-order chi connectivity index (χ0) is 14.8. The third-order valence-electron chi connectivity index (χ3n) is 3.40. The smallest absolute Gasteiger partial charge is 0.243 e. The highest BCUT2D eigenvalue weighted by atomic mass is 32.2. The Morgan fingerprint density at radius 3 is 2.85 bits per heavy atom. The Bertz CT molecular complexity index is 568. The van der Waals surface area contributed by atoms with E-state index in [2.05, 4.69) is 0 Å². The fourth-order valence-electron chi connectivity index (χ4n) is 2.21. The molecule has 2 N–H and O–H groups in total. The van der Waals surface area contributed by atoms with Gasteiger partial charge in [-0.3, -0.25) is 0 Å². The van der Waals surface area contributed by atoms with Crippen LogP contribution in [0, 0.1) is 0 Å². The lowest BCUT2D eigenvalue weighted by molar-refractivity contribution is 0.0979. The van der Waals surface area contributed by atoms with Gasteiger partial charge >= 0.3 is 0 Å². The maximum atomic E-state index is 12.5. The highest BCUT2D eigenvalue weighted by Gasteiger charge is 2.26. The maximum absolute atomic E-state index is 12.5. The Kier molecular flexibility index (Phi) is 4.52. The van der Waals surface area contributed by atoms with E-state index in [0.717, 1.165) is 12.8 Å². The second-order valence-electron chi connectivity index (χ2n) is 4.82. The standard InChI is InChI=1S/C13H20N2O4S/c1-15(9-10-4-3-7-19-10)20(16,17)11-5-6-12(14)13(8-11)18-2/h5-6,8,10H,3-4,7,9,14H2,1-2H3. The molecule has 1 fully saturated rings. The summed E-state index contributed by atoms with van der Waals surface area (Å²) in [5.41, 5.74) is 6.11. The molecule has 1 unspecified atom stereocenters. The first kappa shape index (κ1) is 15.1. The summed E-state index contributed by atoms with van der Waals surface area (Å²) in [5, 5.41) is 0. The van der Waals surface area contributed by atoms with Gasteiger partial charge in [0, 0.05) is 26.3 Å². The molecule has 1 aliphatic rings. The topological polar surface area (TPSA) is 81.9 Å². The molecule has 0 amide bonds. The Morgan fingerprint density at radius 2 is 2.25 bits per heavy atom. The molecule has 1 aliphatic heterocycles. The van der Waals surface area contributed by atoms with Crippen LogP contribution in [-0.4, -0.2) is 46.1 Å². The van der Waals surface area contributed by atoms with E-state index in [1.807, 2.05) is 0 Å². The number of likely N-dealkylation sites (N-methyl/N-ethyl adjacent to an activating group) is 1. The molecule has 0 aromatic heterocycles. The third kappa shape index (κ3) is 3.05. The number of nitrogen functional groups attached to an aromatic ring is 1. The van der Waals surface area contributed by atoms with Crippen LogP contribution in [0.15, 0.2) is 23.1 Å². The van der Waals surface area contributed by atoms with Crippen molar-refractivity contribution in [1.29, 1.82) is 0 Å². The van der Waals surface area contributed by atoms with Crippen molar-refractivity contribution in [3.63, 3.8) is 0 Å². The summed E-state index contributed by atoms with van der Waals surface area (Å²) in [6.45, 7) is 1.06. The molecule has 0 radical (unpaired) electrons. The van der Waals surface area contributed by atoms with Gasteiger partial charge in [-0.1, -0.05) is 0 Å². The maximum Gasteiger partial charge on any atom is 0.243 e. The SMILES string of the molecule is COc1cc(S(=O)(=O)N(C)CC2CCCO2)ccc1N. The van der Waals surface area contributed by atoms with E-state index >= 15 is 0 Å². The van der Waals surface area contributed by atoms with Gasteiger partial charge in [-0.15, -0.1) is 0 Å². The van der Waals surface area contributed by atoms with Crippen molar-refractivity contribution in [2.45, 2.75) is 23.8 Å². The third-order valence-corrected chi connectivity index (χ3v) is 5.22. The van der Waals surface area contributed by atoms with Crippen molar-refractivity contribution in [3.05, 3.63) is 18.2 Å². The minimum atomic E-state index is -3.56. The molecule has 1 heterocycles. The van der Waals surface area contributed by atoms with E-state index in [4.69, 9.17) is 15.2 Å². The molecule has 20 heavy (non-hydrogen) atoms. The number of hydrogen-bond donors (Lipinski definition) is 1. The molecule has 1 atom stereocenters. The van der Waals surface area contributed by atoms with Crippen molar-refractivity contribution in [3.8, 4) is 5.75 Å². The van der Waals surface area contributed by atoms with E-state index < -0.39 is 10.0 Å². The summed E-state index contributed by atoms with van der Waals surface area (Å²) < 4.78 is 36.8. The number of benzene rings is 1. The predicted molar refractivity (Wildman–Crippen MR) is 76.2 cm³/mol. The Hall–Kier alpha value is -1.31. The summed E-state index contributed by atoms with van der Waals surface area (Å²) in [6, 6.07) is 4.46. The van der Waals surface area contributed by atoms with Crippen molar-refractivity contribution in [1.82, 2.24) is 4.31 Å². The summed E-state index contributed by atoms with van der Waals surface area (Å²) in [6.07, 6.45) is 1.85. The van der Waals surface area contributed by atoms with E-state index in [1.165, 1.54) is 29.6 Å². The average Bonchev–Trinajstić information content (AvgIpc) is 2.91. The number of sulfonamides is 1. The first-order valence-corrected chi connectivity index (χ1v) is 7.90. The van der Waals surface area contributed by atoms with Gasteiger partial charge in [0.15, 0.2) is 0 Å². The van der Waals surface area contributed by atoms with Gasteiger partial charge in [0.25, 0.3) is 0 Å². The second kappa shape index (κ2) is 5.99. The Morgan fingerprint density at radius 1 is 1.50 bits per heavy atom. The van der Waals surface area contributed by atoms with Crippen molar-refractivity contribution in [2.24, 2.45) is 0 Å². The molecule has 112 valence electrons. The second-order valence-corrected chi connectivity index (χ2v) is 6.87. The Balaban J connectivity index is 2.20. The molecule has 0 spiro atoms. The van der Waals surface area contributed by atoms with E-state index in [9.17, 15) is 8.42 Å². The number of anilines is 1. The molecule has 2 rings (SSSR count). The van der Waals surface area contributed by atoms with Crippen LogP contribution in [0.2, 0.25) is 0 Å². The number of nitrogens with two attached hydrogens (primary N) is 1. The van der Waals surface area contributed by atoms with E-state index in [-0.39, 0.29) is 11.0 Å². The minimum Gasteiger partial charge on any atom is -0.495 e. The summed E-state index contributed by atoms with van der Waals surface area (Å²) >= 11 is 0. The van der Waals surface area contributed by atoms with Gasteiger partial charge in [0.05, 0.1) is 23.8 Å². The van der Waals surface area contributed by atoms with Crippen molar-refractivity contribution < 1.29 is 17.9 Å². The molecule has 1 aromatic carbocycles. The van der Waals surface area contributed by atoms with Gasteiger partial charge in [0.2, 0.25) is 10.0 Å². The lowest BCUT2D eigenvalue weighted by Gasteiger charge is -2.21. The molecule has 6 nitrogen and oxygen atoms in total. The van der Waals surface area contributed by atoms with E-state index in [0.29, 0.717) is 24.6 Å². The highest BCUT2D eigenvalue weighted by molar-refractivity contribution is 7.89. The van der Waals surface area contributed by atoms with Gasteiger partial charge in [-0.25, -0.2) is 8.42 Å². The van der Waals surface area contributed by atoms with Crippen LogP contribution in [0.1, 0.15) is 12.8 Å². The predicted octanol–water partition coefficient (Wildman–Crippen LogP) is 1.08. The zero-order valence-corrected chi connectivity index (χ0v) is 12.5. The number of methoxy groups -OCH3 is 1. The molecular formula is C13H20N2O4S. The summed E-state index contributed by atoms with van der Waals surface area (Å²) in [5.74, 6) is 0.358. The van der Waals surface area contributed by atoms with Crippen LogP contribution in [0.25, 0.3) is 0 Å². The van der Waals surface area contributed by atoms with Crippen LogP contribution in [0.5, 0.6) is 5.75 Å². The Labute approximate surface area is 119 Å². The molecule has 1 saturated heterocycles. The number of hydrogen-bond acceptors (Lipinski definition) is 5. The van der Waals surface area contributed by atoms with Crippen LogP contribution < -0.4 is 10.5 Å². The van der Waals surface area contributed by atoms with Gasteiger partial charge in [-0.2, -0.15) is 4.31 Å². The monoisotopic (exact) mass is 300 g/mol. The largest absolute Gasteiger partial charge is 0.495 e. The number of nitrogens with zero attached hydrogens (tertiary/aromatic N) is 1. The van der Waals surface area contributed by atoms with Crippen LogP contribution in [-0.2, 0) is 14.8 Å². The fraction of sp³-hybridized carbons (Fsp3) is 0.538.